The van der Waals surface area contributed by atoms with E-state index in [4.69, 9.17) is 46.3 Å². The Kier molecular flexibility index (Phi) is 21.5. The van der Waals surface area contributed by atoms with Crippen molar-refractivity contribution in [1.82, 2.24) is 59.5 Å². The number of hydrogen-bond acceptors (Lipinski definition) is 22. The van der Waals surface area contributed by atoms with Crippen molar-refractivity contribution >= 4 is 80.6 Å². The van der Waals surface area contributed by atoms with Crippen molar-refractivity contribution in [2.75, 3.05) is 65.0 Å². The number of aromatic nitrogens is 8. The van der Waals surface area contributed by atoms with E-state index in [1.54, 1.807) is 86.4 Å². The zero-order chi connectivity index (χ0) is 60.9. The number of nitrogens with one attached hydrogen (secondary N) is 2. The lowest BCUT2D eigenvalue weighted by Gasteiger charge is -2.30. The van der Waals surface area contributed by atoms with E-state index in [1.165, 1.54) is 21.8 Å². The van der Waals surface area contributed by atoms with Crippen LogP contribution in [0.25, 0.3) is 22.3 Å². The van der Waals surface area contributed by atoms with Crippen molar-refractivity contribution < 1.29 is 68.0 Å². The van der Waals surface area contributed by atoms with E-state index >= 15 is 0 Å². The van der Waals surface area contributed by atoms with Crippen LogP contribution in [-0.2, 0) is 19.1 Å². The number of ether oxygens (including phenoxy) is 6. The molecule has 10 N–H and O–H groups in total. The van der Waals surface area contributed by atoms with Gasteiger partial charge < -0.3 is 80.7 Å². The first-order chi connectivity index (χ1) is 40.9. The molecule has 0 bridgehead atoms. The maximum Gasteiger partial charge on any atom is 0.415 e. The normalized spacial score (nSPS) is 22.2. The highest BCUT2D eigenvalue weighted by molar-refractivity contribution is 14.1. The summed E-state index contributed by atoms with van der Waals surface area (Å²) in [4.78, 5) is 77.4. The fourth-order valence-corrected chi connectivity index (χ4v) is 10.2. The van der Waals surface area contributed by atoms with Crippen LogP contribution in [0.15, 0.2) is 61.2 Å². The smallest absolute Gasteiger partial charge is 0.415 e. The Balaban J connectivity index is 0.000000184. The lowest BCUT2D eigenvalue weighted by Crippen LogP contribution is -2.42. The summed E-state index contributed by atoms with van der Waals surface area (Å²) in [6.45, 7) is 6.76. The second-order valence-corrected chi connectivity index (χ2v) is 20.9. The van der Waals surface area contributed by atoms with Gasteiger partial charge in [-0.05, 0) is 106 Å². The zero-order valence-electron chi connectivity index (χ0n) is 47.0. The Morgan fingerprint density at radius 2 is 1.05 bits per heavy atom. The second-order valence-electron chi connectivity index (χ2n) is 20.0. The topological polar surface area (TPSA) is 374 Å². The lowest BCUT2D eigenvalue weighted by atomic mass is 9.94. The standard InChI is InChI=1S/C28H33N7O7.C16H19NO3.C12H15IN6O4/c1-3-30-26(38)23-21(36)22(37)27(42-23)35-15-31-20-24(29)32-19(33-25(20)35)6-4-5-16-11-13-34(14-12-16)28(39)41-18-9-7-17(40-2)8-10-18;1-3-4-13-9-11-17(12-10-13)16(18)20-15-7-5-14(19-2)6-8-15;1-2-15-10(22)7-5(20)6(21)11(23-7)19-3-16-4-8(14)17-12(13)18-9(4)19/h7-10,15-16,21-23,27,36-37H,3,5,11-14H2,1-2H3,(H,30,38)(H2,29,32,33);1,5-8,13H,4,9-12H2,2H3;3,5-7,11,20-21H,2H2,1H3,(H,15,22)(H2,14,17,18)/t21-,22?,23+,27-;;5-,6?,7+,11-/m1.1/s1. The minimum Gasteiger partial charge on any atom is -0.497 e. The van der Waals surface area contributed by atoms with Gasteiger partial charge in [0.1, 0.15) is 58.4 Å². The molecule has 29 heteroatoms. The summed E-state index contributed by atoms with van der Waals surface area (Å²) < 4.78 is 35.5. The van der Waals surface area contributed by atoms with Crippen LogP contribution in [0.2, 0.25) is 0 Å². The predicted octanol–water partition coefficient (Wildman–Crippen LogP) is 2.52. The quantitative estimate of drug-likeness (QED) is 0.0496. The van der Waals surface area contributed by atoms with Crippen LogP contribution in [0.5, 0.6) is 23.0 Å². The molecule has 2 aromatic carbocycles. The number of terminal acetylenes is 1. The van der Waals surface area contributed by atoms with Crippen LogP contribution in [0.1, 0.15) is 70.7 Å². The summed E-state index contributed by atoms with van der Waals surface area (Å²) in [7, 11) is 3.17. The summed E-state index contributed by atoms with van der Waals surface area (Å²) in [5.41, 5.74) is 13.2. The van der Waals surface area contributed by atoms with Gasteiger partial charge in [-0.3, -0.25) is 18.7 Å². The molecule has 8 atom stereocenters. The van der Waals surface area contributed by atoms with E-state index < -0.39 is 60.9 Å². The van der Waals surface area contributed by atoms with Crippen LogP contribution in [0.3, 0.4) is 0 Å². The number of imidazole rings is 2. The molecule has 6 aromatic rings. The molecule has 0 saturated carbocycles. The lowest BCUT2D eigenvalue weighted by molar-refractivity contribution is -0.138. The summed E-state index contributed by atoms with van der Waals surface area (Å²) in [5, 5.41) is 46.4. The average molecular weight is 1290 g/mol. The number of aliphatic hydroxyl groups excluding tert-OH is 4. The van der Waals surface area contributed by atoms with E-state index in [9.17, 15) is 39.6 Å². The molecule has 4 aliphatic rings. The number of carbonyl (C=O) groups is 4. The highest BCUT2D eigenvalue weighted by atomic mass is 127. The maximum atomic E-state index is 12.5. The Hall–Kier alpha value is -8.17. The molecule has 8 heterocycles. The van der Waals surface area contributed by atoms with Crippen molar-refractivity contribution in [1.29, 1.82) is 0 Å². The largest absolute Gasteiger partial charge is 0.497 e. The number of aliphatic hydroxyl groups is 4. The van der Waals surface area contributed by atoms with Gasteiger partial charge in [0.25, 0.3) is 11.8 Å². The number of anilines is 2. The van der Waals surface area contributed by atoms with Gasteiger partial charge in [0.15, 0.2) is 51.4 Å². The zero-order valence-corrected chi connectivity index (χ0v) is 49.1. The van der Waals surface area contributed by atoms with Gasteiger partial charge >= 0.3 is 12.2 Å². The molecule has 28 nitrogen and oxygen atoms in total. The third kappa shape index (κ3) is 15.2. The number of nitrogens with two attached hydrogens (primary N) is 2. The number of hydrogen-bond donors (Lipinski definition) is 8. The number of carbonyl (C=O) groups excluding carboxylic acids is 4. The number of fused-ring (bicyclic) bond motifs is 2. The third-order valence-corrected chi connectivity index (χ3v) is 14.9. The number of likely N-dealkylation sites (tertiary alicyclic amines) is 2. The molecule has 10 rings (SSSR count). The molecule has 4 aromatic heterocycles. The van der Waals surface area contributed by atoms with Crippen LogP contribution in [0, 0.1) is 39.9 Å². The number of benzene rings is 2. The van der Waals surface area contributed by atoms with E-state index in [-0.39, 0.29) is 46.7 Å². The Morgan fingerprint density at radius 3 is 1.47 bits per heavy atom. The van der Waals surface area contributed by atoms with Crippen LogP contribution in [-0.4, -0.2) is 183 Å². The van der Waals surface area contributed by atoms with Crippen molar-refractivity contribution in [2.24, 2.45) is 11.8 Å². The predicted molar refractivity (Wildman–Crippen MR) is 313 cm³/mol. The maximum absolute atomic E-state index is 12.5. The minimum atomic E-state index is -1.44. The van der Waals surface area contributed by atoms with Crippen LogP contribution >= 0.6 is 22.6 Å². The molecule has 85 heavy (non-hydrogen) atoms. The Labute approximate surface area is 502 Å². The van der Waals surface area contributed by atoms with Crippen molar-refractivity contribution in [3.8, 4) is 47.2 Å². The third-order valence-electron chi connectivity index (χ3n) is 14.4. The fourth-order valence-electron chi connectivity index (χ4n) is 9.74. The monoisotopic (exact) mass is 1290 g/mol. The molecule has 0 radical (unpaired) electrons. The number of methoxy groups -OCH3 is 2. The first-order valence-electron chi connectivity index (χ1n) is 27.3. The molecule has 4 amide bonds. The van der Waals surface area contributed by atoms with Crippen molar-refractivity contribution in [3.63, 3.8) is 0 Å². The number of nitrogen functional groups attached to an aromatic ring is 2. The Bertz CT molecular complexity index is 3390. The fraction of sp³-hybridized carbons (Fsp3) is 0.464. The van der Waals surface area contributed by atoms with E-state index in [0.717, 1.165) is 37.9 Å². The number of piperidine rings is 2. The summed E-state index contributed by atoms with van der Waals surface area (Å²) in [6, 6.07) is 13.8. The molecule has 0 aliphatic carbocycles. The van der Waals surface area contributed by atoms with Crippen molar-refractivity contribution in [2.45, 2.75) is 101 Å². The number of nitrogens with zero attached hydrogens (tertiary/aromatic N) is 10. The van der Waals surface area contributed by atoms with Crippen molar-refractivity contribution in [3.05, 3.63) is 70.8 Å². The number of halogens is 1. The molecule has 0 spiro atoms. The minimum absolute atomic E-state index is 0.0973. The molecule has 452 valence electrons. The number of amides is 4. The van der Waals surface area contributed by atoms with Gasteiger partial charge in [0.05, 0.1) is 26.9 Å². The first kappa shape index (κ1) is 62.9. The molecular weight excluding hydrogens is 1220 g/mol. The van der Waals surface area contributed by atoms with Gasteiger partial charge in [0, 0.05) is 74.7 Å². The molecular formula is C56H67IN14O14. The molecule has 4 fully saturated rings. The number of likely N-dealkylation sites (N-methyl/N-ethyl adjacent to an activating group) is 2. The molecule has 4 saturated heterocycles. The highest BCUT2D eigenvalue weighted by Crippen LogP contribution is 2.34. The van der Waals surface area contributed by atoms with E-state index in [1.807, 2.05) is 22.6 Å². The highest BCUT2D eigenvalue weighted by Gasteiger charge is 2.49. The number of rotatable bonds is 12. The van der Waals surface area contributed by atoms with Gasteiger partial charge in [-0.2, -0.15) is 0 Å². The first-order valence-corrected chi connectivity index (χ1v) is 28.4. The second kappa shape index (κ2) is 29.1. The molecule has 4 aliphatic heterocycles. The van der Waals surface area contributed by atoms with Gasteiger partial charge in [-0.1, -0.05) is 5.92 Å². The van der Waals surface area contributed by atoms with E-state index in [2.05, 4.69) is 58.3 Å². The van der Waals surface area contributed by atoms with Gasteiger partial charge in [0.2, 0.25) is 5.82 Å². The summed E-state index contributed by atoms with van der Waals surface area (Å²) >= 11 is 1.91. The SMILES string of the molecule is C#CCC1CCN(C(=O)Oc2ccc(OC)cc2)CC1.CCNC(=O)[C@H]1O[C@@H](n2cnc3c(N)nc(C#CCC4CCN(C(=O)Oc5ccc(OC)cc5)CC4)nc32)C(O)[C@H]1O.CCNC(=O)[C@H]1O[C@@H](n2cnc3c(N)nc(I)nc32)C(O)[C@H]1O. The van der Waals surface area contributed by atoms with Crippen LogP contribution < -0.4 is 41.0 Å². The van der Waals surface area contributed by atoms with Gasteiger partial charge in [-0.25, -0.2) is 39.5 Å². The average Bonchev–Trinajstić information content (AvgIpc) is 2.16. The molecule has 2 unspecified atom stereocenters. The van der Waals surface area contributed by atoms with Gasteiger partial charge in [-0.15, -0.1) is 12.3 Å². The van der Waals surface area contributed by atoms with E-state index in [0.29, 0.717) is 83.9 Å². The summed E-state index contributed by atoms with van der Waals surface area (Å²) in [5.74, 6) is 11.4. The van der Waals surface area contributed by atoms with Crippen LogP contribution in [0.4, 0.5) is 21.2 Å². The Morgan fingerprint density at radius 1 is 0.635 bits per heavy atom. The summed E-state index contributed by atoms with van der Waals surface area (Å²) in [6.07, 6.45) is 2.11.